The molecule has 0 saturated heterocycles. The lowest BCUT2D eigenvalue weighted by molar-refractivity contribution is -0.137. The van der Waals surface area contributed by atoms with Gasteiger partial charge in [-0.1, -0.05) is 29.8 Å². The molecule has 0 spiro atoms. The summed E-state index contributed by atoms with van der Waals surface area (Å²) in [6, 6.07) is 9.28. The van der Waals surface area contributed by atoms with E-state index in [1.165, 1.54) is 0 Å². The fraction of sp³-hybridized carbons (Fsp3) is 0.250. The second kappa shape index (κ2) is 5.97. The van der Waals surface area contributed by atoms with Crippen LogP contribution in [0.4, 0.5) is 18.9 Å². The topological polar surface area (TPSA) is 37.4 Å². The van der Waals surface area contributed by atoms with E-state index >= 15 is 0 Å². The van der Waals surface area contributed by atoms with Crippen molar-refractivity contribution in [3.8, 4) is 0 Å². The van der Waals surface area contributed by atoms with Crippen molar-refractivity contribution in [2.24, 2.45) is 0 Å². The number of hydrogen-bond donors (Lipinski definition) is 0. The first-order valence-electron chi connectivity index (χ1n) is 7.18. The smallest absolute Gasteiger partial charge is 0.266 e. The molecule has 1 heterocycles. The molecule has 3 nitrogen and oxygen atoms in total. The summed E-state index contributed by atoms with van der Waals surface area (Å²) in [4.78, 5) is -0.532. The Balaban J connectivity index is 2.13. The Labute approximate surface area is 142 Å². The monoisotopic (exact) mass is 375 g/mol. The van der Waals surface area contributed by atoms with Gasteiger partial charge in [-0.2, -0.15) is 13.2 Å². The summed E-state index contributed by atoms with van der Waals surface area (Å²) < 4.78 is 65.7. The highest BCUT2D eigenvalue weighted by Gasteiger charge is 2.35. The third kappa shape index (κ3) is 2.98. The molecule has 0 saturated carbocycles. The summed E-state index contributed by atoms with van der Waals surface area (Å²) in [5.74, 6) is 0. The third-order valence-corrected chi connectivity index (χ3v) is 6.19. The molecule has 24 heavy (non-hydrogen) atoms. The van der Waals surface area contributed by atoms with E-state index in [1.807, 2.05) is 6.07 Å². The molecule has 0 amide bonds. The summed E-state index contributed by atoms with van der Waals surface area (Å²) in [5, 5.41) is -0.231. The third-order valence-electron chi connectivity index (χ3n) is 3.89. The largest absolute Gasteiger partial charge is 0.416 e. The molecular formula is C16H13ClF3NO2S. The van der Waals surface area contributed by atoms with Crippen LogP contribution in [-0.2, 0) is 22.6 Å². The minimum atomic E-state index is -4.64. The zero-order valence-electron chi connectivity index (χ0n) is 12.3. The number of sulfonamides is 1. The predicted octanol–water partition coefficient (Wildman–Crippen LogP) is 4.50. The summed E-state index contributed by atoms with van der Waals surface area (Å²) in [6.45, 7) is 0.200. The SMILES string of the molecule is O=S(=O)(c1cc(C(F)(F)F)ccc1Cl)N1CCCc2ccccc21. The molecule has 0 fully saturated rings. The molecule has 0 aliphatic carbocycles. The normalized spacial score (nSPS) is 15.2. The average Bonchev–Trinajstić information content (AvgIpc) is 2.53. The van der Waals surface area contributed by atoms with Gasteiger partial charge in [-0.25, -0.2) is 8.42 Å². The standard InChI is InChI=1S/C16H13ClF3NO2S/c17-13-8-7-12(16(18,19)20)10-15(13)24(22,23)21-9-3-5-11-4-1-2-6-14(11)21/h1-2,4,6-8,10H,3,5,9H2. The first kappa shape index (κ1) is 17.1. The van der Waals surface area contributed by atoms with Crippen molar-refractivity contribution in [1.82, 2.24) is 0 Å². The van der Waals surface area contributed by atoms with Gasteiger partial charge in [0.25, 0.3) is 10.0 Å². The van der Waals surface area contributed by atoms with Gasteiger partial charge in [0.15, 0.2) is 0 Å². The highest BCUT2D eigenvalue weighted by molar-refractivity contribution is 7.93. The van der Waals surface area contributed by atoms with E-state index in [-0.39, 0.29) is 11.6 Å². The fourth-order valence-corrected chi connectivity index (χ4v) is 4.79. The maximum atomic E-state index is 12.9. The number of nitrogens with zero attached hydrogens (tertiary/aromatic N) is 1. The Bertz CT molecular complexity index is 881. The molecular weight excluding hydrogens is 363 g/mol. The Morgan fingerprint density at radius 1 is 1.08 bits per heavy atom. The number of aryl methyl sites for hydroxylation is 1. The number of anilines is 1. The molecule has 0 atom stereocenters. The number of fused-ring (bicyclic) bond motifs is 1. The lowest BCUT2D eigenvalue weighted by atomic mass is 10.0. The molecule has 3 rings (SSSR count). The highest BCUT2D eigenvalue weighted by Crippen LogP contribution is 2.37. The summed E-state index contributed by atoms with van der Waals surface area (Å²) in [7, 11) is -4.19. The lowest BCUT2D eigenvalue weighted by Crippen LogP contribution is -2.35. The molecule has 2 aromatic carbocycles. The van der Waals surface area contributed by atoms with Crippen molar-refractivity contribution in [2.45, 2.75) is 23.9 Å². The Hall–Kier alpha value is -1.73. The van der Waals surface area contributed by atoms with E-state index in [4.69, 9.17) is 11.6 Å². The molecule has 0 aromatic heterocycles. The van der Waals surface area contributed by atoms with Gasteiger partial charge in [0, 0.05) is 6.54 Å². The number of halogens is 4. The maximum Gasteiger partial charge on any atom is 0.416 e. The number of rotatable bonds is 2. The second-order valence-electron chi connectivity index (χ2n) is 5.45. The van der Waals surface area contributed by atoms with E-state index in [9.17, 15) is 21.6 Å². The van der Waals surface area contributed by atoms with Crippen LogP contribution in [0.15, 0.2) is 47.4 Å². The lowest BCUT2D eigenvalue weighted by Gasteiger charge is -2.30. The van der Waals surface area contributed by atoms with Crippen LogP contribution in [0.2, 0.25) is 5.02 Å². The maximum absolute atomic E-state index is 12.9. The molecule has 0 N–H and O–H groups in total. The molecule has 128 valence electrons. The van der Waals surface area contributed by atoms with Gasteiger partial charge in [0.1, 0.15) is 4.90 Å². The van der Waals surface area contributed by atoms with Gasteiger partial charge in [-0.05, 0) is 42.7 Å². The minimum Gasteiger partial charge on any atom is -0.266 e. The Morgan fingerprint density at radius 2 is 1.79 bits per heavy atom. The van der Waals surface area contributed by atoms with Crippen molar-refractivity contribution in [2.75, 3.05) is 10.8 Å². The first-order valence-corrected chi connectivity index (χ1v) is 9.00. The van der Waals surface area contributed by atoms with E-state index in [0.717, 1.165) is 28.4 Å². The molecule has 8 heteroatoms. The van der Waals surface area contributed by atoms with Gasteiger partial charge in [0.2, 0.25) is 0 Å². The van der Waals surface area contributed by atoms with Crippen LogP contribution in [0.3, 0.4) is 0 Å². The van der Waals surface area contributed by atoms with Gasteiger partial charge in [0.05, 0.1) is 16.3 Å². The van der Waals surface area contributed by atoms with E-state index < -0.39 is 26.7 Å². The second-order valence-corrected chi connectivity index (χ2v) is 7.69. The molecule has 1 aliphatic heterocycles. The highest BCUT2D eigenvalue weighted by atomic mass is 35.5. The quantitative estimate of drug-likeness (QED) is 0.775. The molecule has 2 aromatic rings. The van der Waals surface area contributed by atoms with E-state index in [2.05, 4.69) is 0 Å². The van der Waals surface area contributed by atoms with Crippen LogP contribution < -0.4 is 4.31 Å². The van der Waals surface area contributed by atoms with Crippen LogP contribution in [0.25, 0.3) is 0 Å². The Kier molecular flexibility index (Phi) is 4.25. The molecule has 0 radical (unpaired) electrons. The summed E-state index contributed by atoms with van der Waals surface area (Å²) >= 11 is 5.90. The Morgan fingerprint density at radius 3 is 2.50 bits per heavy atom. The minimum absolute atomic E-state index is 0.200. The van der Waals surface area contributed by atoms with Crippen LogP contribution in [0.1, 0.15) is 17.5 Å². The van der Waals surface area contributed by atoms with E-state index in [1.54, 1.807) is 18.2 Å². The zero-order chi connectivity index (χ0) is 17.5. The number of hydrogen-bond acceptors (Lipinski definition) is 2. The van der Waals surface area contributed by atoms with Crippen molar-refractivity contribution in [3.63, 3.8) is 0 Å². The van der Waals surface area contributed by atoms with Crippen LogP contribution in [0.5, 0.6) is 0 Å². The zero-order valence-corrected chi connectivity index (χ0v) is 13.9. The van der Waals surface area contributed by atoms with Crippen LogP contribution >= 0.6 is 11.6 Å². The number of para-hydroxylation sites is 1. The number of benzene rings is 2. The molecule has 0 unspecified atom stereocenters. The number of alkyl halides is 3. The van der Waals surface area contributed by atoms with Crippen molar-refractivity contribution in [1.29, 1.82) is 0 Å². The first-order chi connectivity index (χ1) is 11.2. The average molecular weight is 376 g/mol. The summed E-state index contributed by atoms with van der Waals surface area (Å²) in [5.41, 5.74) is 0.281. The molecule has 0 bridgehead atoms. The van der Waals surface area contributed by atoms with Gasteiger partial charge < -0.3 is 0 Å². The van der Waals surface area contributed by atoms with Gasteiger partial charge in [-0.3, -0.25) is 4.31 Å². The van der Waals surface area contributed by atoms with Crippen molar-refractivity contribution >= 4 is 27.3 Å². The van der Waals surface area contributed by atoms with E-state index in [0.29, 0.717) is 18.2 Å². The predicted molar refractivity (Wildman–Crippen MR) is 85.7 cm³/mol. The van der Waals surface area contributed by atoms with Crippen molar-refractivity contribution < 1.29 is 21.6 Å². The van der Waals surface area contributed by atoms with Crippen molar-refractivity contribution in [3.05, 3.63) is 58.6 Å². The molecule has 1 aliphatic rings. The fourth-order valence-electron chi connectivity index (χ4n) is 2.74. The summed E-state index contributed by atoms with van der Waals surface area (Å²) in [6.07, 6.45) is -3.33. The van der Waals surface area contributed by atoms with Crippen LogP contribution in [0, 0.1) is 0 Å². The van der Waals surface area contributed by atoms with Gasteiger partial charge >= 0.3 is 6.18 Å². The van der Waals surface area contributed by atoms with Crippen LogP contribution in [-0.4, -0.2) is 15.0 Å². The van der Waals surface area contributed by atoms with Gasteiger partial charge in [-0.15, -0.1) is 0 Å².